The van der Waals surface area contributed by atoms with Crippen molar-refractivity contribution < 1.29 is 27.5 Å². The largest absolute Gasteiger partial charge is 0.573 e. The standard InChI is InChI=1S/C24H21F3N4O3/c1-29(2)17-5-8-20-19(13-17)15(9-12-28-20)14-30-22(33)31(21(32)23(30)10-11-23)16-3-6-18(7-4-16)34-24(25,26)27/h3-9,12-13H,10-11,14H2,1-2H3. The molecule has 1 aromatic heterocycles. The molecule has 1 aliphatic heterocycles. The van der Waals surface area contributed by atoms with Gasteiger partial charge in [0.25, 0.3) is 5.91 Å². The van der Waals surface area contributed by atoms with E-state index in [9.17, 15) is 22.8 Å². The van der Waals surface area contributed by atoms with Gasteiger partial charge in [-0.3, -0.25) is 9.78 Å². The number of pyridine rings is 1. The third kappa shape index (κ3) is 3.68. The highest BCUT2D eigenvalue weighted by Gasteiger charge is 2.65. The lowest BCUT2D eigenvalue weighted by Gasteiger charge is -2.22. The molecule has 2 aromatic carbocycles. The van der Waals surface area contributed by atoms with E-state index in [0.717, 1.165) is 39.2 Å². The number of ether oxygens (including phenoxy) is 1. The third-order valence-electron chi connectivity index (χ3n) is 6.25. The number of aromatic nitrogens is 1. The van der Waals surface area contributed by atoms with E-state index >= 15 is 0 Å². The number of halogens is 3. The van der Waals surface area contributed by atoms with Crippen LogP contribution >= 0.6 is 0 Å². The quantitative estimate of drug-likeness (QED) is 0.506. The van der Waals surface area contributed by atoms with Crippen LogP contribution in [-0.4, -0.2) is 47.8 Å². The molecular formula is C24H21F3N4O3. The Morgan fingerprint density at radius 3 is 2.38 bits per heavy atom. The van der Waals surface area contributed by atoms with Gasteiger partial charge in [0.2, 0.25) is 0 Å². The summed E-state index contributed by atoms with van der Waals surface area (Å²) in [6, 6.07) is 11.9. The van der Waals surface area contributed by atoms with E-state index in [0.29, 0.717) is 12.8 Å². The van der Waals surface area contributed by atoms with Crippen LogP contribution in [0.3, 0.4) is 0 Å². The van der Waals surface area contributed by atoms with Crippen LogP contribution in [0, 0.1) is 0 Å². The molecule has 10 heteroatoms. The molecule has 1 spiro atoms. The first kappa shape index (κ1) is 22.0. The van der Waals surface area contributed by atoms with Crippen molar-refractivity contribution in [2.24, 2.45) is 0 Å². The zero-order valence-electron chi connectivity index (χ0n) is 18.5. The van der Waals surface area contributed by atoms with Crippen LogP contribution < -0.4 is 14.5 Å². The van der Waals surface area contributed by atoms with Crippen molar-refractivity contribution in [3.63, 3.8) is 0 Å². The summed E-state index contributed by atoms with van der Waals surface area (Å²) in [4.78, 5) is 35.6. The van der Waals surface area contributed by atoms with Crippen molar-refractivity contribution in [1.29, 1.82) is 0 Å². The molecule has 7 nitrogen and oxygen atoms in total. The van der Waals surface area contributed by atoms with Crippen molar-refractivity contribution >= 4 is 34.2 Å². The molecule has 2 fully saturated rings. The normalized spacial score (nSPS) is 17.1. The summed E-state index contributed by atoms with van der Waals surface area (Å²) >= 11 is 0. The lowest BCUT2D eigenvalue weighted by Crippen LogP contribution is -2.36. The molecule has 3 amide bonds. The number of rotatable bonds is 5. The lowest BCUT2D eigenvalue weighted by molar-refractivity contribution is -0.274. The van der Waals surface area contributed by atoms with Crippen molar-refractivity contribution in [3.8, 4) is 5.75 Å². The molecule has 3 aromatic rings. The van der Waals surface area contributed by atoms with Gasteiger partial charge in [0.15, 0.2) is 0 Å². The highest BCUT2D eigenvalue weighted by molar-refractivity contribution is 6.24. The van der Waals surface area contributed by atoms with E-state index in [1.165, 1.54) is 12.1 Å². The highest BCUT2D eigenvalue weighted by Crippen LogP contribution is 2.50. The number of carbonyl (C=O) groups is 2. The number of hydrogen-bond donors (Lipinski definition) is 0. The molecule has 5 rings (SSSR count). The zero-order valence-corrected chi connectivity index (χ0v) is 18.5. The summed E-state index contributed by atoms with van der Waals surface area (Å²) in [6.07, 6.45) is -2.08. The van der Waals surface area contributed by atoms with Crippen molar-refractivity contribution in [2.75, 3.05) is 23.9 Å². The summed E-state index contributed by atoms with van der Waals surface area (Å²) in [5, 5.41) is 0.886. The van der Waals surface area contributed by atoms with Gasteiger partial charge in [0, 0.05) is 37.9 Å². The van der Waals surface area contributed by atoms with Crippen molar-refractivity contribution in [3.05, 3.63) is 60.3 Å². The molecule has 2 heterocycles. The number of benzene rings is 2. The van der Waals surface area contributed by atoms with Crippen LogP contribution in [0.4, 0.5) is 29.3 Å². The van der Waals surface area contributed by atoms with E-state index < -0.39 is 23.7 Å². The molecule has 2 aliphatic rings. The number of imide groups is 1. The second-order valence-corrected chi connectivity index (χ2v) is 8.65. The molecule has 1 saturated heterocycles. The van der Waals surface area contributed by atoms with Gasteiger partial charge < -0.3 is 14.5 Å². The Kier molecular flexibility index (Phi) is 4.92. The zero-order chi connectivity index (χ0) is 24.3. The van der Waals surface area contributed by atoms with E-state index in [4.69, 9.17) is 0 Å². The maximum Gasteiger partial charge on any atom is 0.573 e. The van der Waals surface area contributed by atoms with E-state index in [1.54, 1.807) is 11.1 Å². The van der Waals surface area contributed by atoms with Gasteiger partial charge in [-0.15, -0.1) is 13.2 Å². The number of fused-ring (bicyclic) bond motifs is 1. The first-order chi connectivity index (χ1) is 16.1. The minimum absolute atomic E-state index is 0.202. The van der Waals surface area contributed by atoms with Crippen molar-refractivity contribution in [1.82, 2.24) is 9.88 Å². The van der Waals surface area contributed by atoms with Crippen molar-refractivity contribution in [2.45, 2.75) is 31.3 Å². The average Bonchev–Trinajstić information content (AvgIpc) is 3.55. The van der Waals surface area contributed by atoms with E-state index in [-0.39, 0.29) is 18.1 Å². The smallest absolute Gasteiger partial charge is 0.406 e. The van der Waals surface area contributed by atoms with Crippen LogP contribution in [0.15, 0.2) is 54.7 Å². The van der Waals surface area contributed by atoms with E-state index in [1.807, 2.05) is 43.3 Å². The minimum Gasteiger partial charge on any atom is -0.406 e. The van der Waals surface area contributed by atoms with Crippen LogP contribution in [0.2, 0.25) is 0 Å². The summed E-state index contributed by atoms with van der Waals surface area (Å²) in [7, 11) is 3.87. The van der Waals surface area contributed by atoms with Crippen LogP contribution in [-0.2, 0) is 11.3 Å². The molecule has 34 heavy (non-hydrogen) atoms. The van der Waals surface area contributed by atoms with Gasteiger partial charge in [-0.1, -0.05) is 0 Å². The second-order valence-electron chi connectivity index (χ2n) is 8.65. The van der Waals surface area contributed by atoms with Gasteiger partial charge >= 0.3 is 12.4 Å². The highest BCUT2D eigenvalue weighted by atomic mass is 19.4. The minimum atomic E-state index is -4.82. The van der Waals surface area contributed by atoms with E-state index in [2.05, 4.69) is 9.72 Å². The summed E-state index contributed by atoms with van der Waals surface area (Å²) in [6.45, 7) is 0.215. The Labute approximate surface area is 193 Å². The first-order valence-corrected chi connectivity index (χ1v) is 10.7. The number of carbonyl (C=O) groups excluding carboxylic acids is 2. The van der Waals surface area contributed by atoms with Crippen LogP contribution in [0.1, 0.15) is 18.4 Å². The molecular weight excluding hydrogens is 449 g/mol. The Hall–Kier alpha value is -3.82. The summed E-state index contributed by atoms with van der Waals surface area (Å²) < 4.78 is 41.3. The fourth-order valence-electron chi connectivity index (χ4n) is 4.34. The predicted octanol–water partition coefficient (Wildman–Crippen LogP) is 4.70. The SMILES string of the molecule is CN(C)c1ccc2nccc(CN3C(=O)N(c4ccc(OC(F)(F)F)cc4)C(=O)C34CC4)c2c1. The number of nitrogens with zero attached hydrogens (tertiary/aromatic N) is 4. The summed E-state index contributed by atoms with van der Waals surface area (Å²) in [5.74, 6) is -0.789. The topological polar surface area (TPSA) is 66.0 Å². The van der Waals surface area contributed by atoms with Gasteiger partial charge in [-0.2, -0.15) is 0 Å². The molecule has 1 saturated carbocycles. The number of alkyl halides is 3. The monoisotopic (exact) mass is 470 g/mol. The molecule has 0 N–H and O–H groups in total. The number of amides is 3. The third-order valence-corrected chi connectivity index (χ3v) is 6.25. The van der Waals surface area contributed by atoms with Crippen LogP contribution in [0.25, 0.3) is 10.9 Å². The Balaban J connectivity index is 1.46. The predicted molar refractivity (Wildman–Crippen MR) is 120 cm³/mol. The molecule has 176 valence electrons. The fourth-order valence-corrected chi connectivity index (χ4v) is 4.34. The second kappa shape index (κ2) is 7.61. The maximum absolute atomic E-state index is 13.4. The Bertz CT molecular complexity index is 1290. The molecule has 0 atom stereocenters. The molecule has 0 unspecified atom stereocenters. The molecule has 0 bridgehead atoms. The molecule has 0 radical (unpaired) electrons. The summed E-state index contributed by atoms with van der Waals surface area (Å²) in [5.41, 5.74) is 1.90. The Morgan fingerprint density at radius 1 is 1.06 bits per heavy atom. The van der Waals surface area contributed by atoms with Crippen LogP contribution in [0.5, 0.6) is 5.75 Å². The van der Waals surface area contributed by atoms with Gasteiger partial charge in [0.1, 0.15) is 11.3 Å². The molecule has 1 aliphatic carbocycles. The first-order valence-electron chi connectivity index (χ1n) is 10.7. The fraction of sp³-hybridized carbons (Fsp3) is 0.292. The lowest BCUT2D eigenvalue weighted by atomic mass is 10.1. The number of urea groups is 1. The Morgan fingerprint density at radius 2 is 1.76 bits per heavy atom. The van der Waals surface area contributed by atoms with Gasteiger partial charge in [-0.05, 0) is 66.9 Å². The number of anilines is 2. The maximum atomic E-state index is 13.4. The average molecular weight is 470 g/mol. The van der Waals surface area contributed by atoms with Gasteiger partial charge in [0.05, 0.1) is 11.2 Å². The number of hydrogen-bond acceptors (Lipinski definition) is 5. The van der Waals surface area contributed by atoms with Gasteiger partial charge in [-0.25, -0.2) is 9.69 Å².